The summed E-state index contributed by atoms with van der Waals surface area (Å²) in [5, 5.41) is 25.0. The van der Waals surface area contributed by atoms with Crippen LogP contribution < -0.4 is 0 Å². The summed E-state index contributed by atoms with van der Waals surface area (Å²) >= 11 is 0. The molecule has 0 aliphatic heterocycles. The van der Waals surface area contributed by atoms with E-state index in [4.69, 9.17) is 10.2 Å². The minimum atomic E-state index is -1.32. The van der Waals surface area contributed by atoms with Crippen LogP contribution in [0.1, 0.15) is 16.9 Å². The van der Waals surface area contributed by atoms with Gasteiger partial charge in [-0.3, -0.25) is 0 Å². The topological polar surface area (TPSA) is 88.2 Å². The number of carboxylic acids is 1. The zero-order valence-electron chi connectivity index (χ0n) is 10.3. The SMILES string of the molecule is O=C(O)c1nnn(CCCO)c1-c1ccc(F)c(F)c1. The van der Waals surface area contributed by atoms with E-state index in [-0.39, 0.29) is 30.1 Å². The van der Waals surface area contributed by atoms with Crippen LogP contribution in [-0.4, -0.2) is 37.8 Å². The molecule has 0 atom stereocenters. The largest absolute Gasteiger partial charge is 0.476 e. The van der Waals surface area contributed by atoms with Gasteiger partial charge in [-0.05, 0) is 24.6 Å². The molecule has 106 valence electrons. The van der Waals surface area contributed by atoms with Crippen molar-refractivity contribution in [2.24, 2.45) is 0 Å². The number of carboxylic acid groups (broad SMARTS) is 1. The van der Waals surface area contributed by atoms with Crippen LogP contribution in [0.2, 0.25) is 0 Å². The van der Waals surface area contributed by atoms with Crippen LogP contribution in [0, 0.1) is 11.6 Å². The normalized spacial score (nSPS) is 10.8. The van der Waals surface area contributed by atoms with Crippen LogP contribution >= 0.6 is 0 Å². The lowest BCUT2D eigenvalue weighted by Gasteiger charge is -2.07. The fourth-order valence-corrected chi connectivity index (χ4v) is 1.76. The Morgan fingerprint density at radius 2 is 2.05 bits per heavy atom. The minimum absolute atomic E-state index is 0.0739. The molecule has 0 radical (unpaired) electrons. The van der Waals surface area contributed by atoms with Gasteiger partial charge in [0.15, 0.2) is 17.3 Å². The smallest absolute Gasteiger partial charge is 0.358 e. The van der Waals surface area contributed by atoms with E-state index in [1.807, 2.05) is 0 Å². The Hall–Kier alpha value is -2.35. The summed E-state index contributed by atoms with van der Waals surface area (Å²) in [4.78, 5) is 11.1. The van der Waals surface area contributed by atoms with Crippen LogP contribution in [-0.2, 0) is 6.54 Å². The van der Waals surface area contributed by atoms with E-state index in [1.54, 1.807) is 0 Å². The molecule has 2 rings (SSSR count). The van der Waals surface area contributed by atoms with Gasteiger partial charge in [-0.25, -0.2) is 18.3 Å². The third kappa shape index (κ3) is 2.64. The summed E-state index contributed by atoms with van der Waals surface area (Å²) in [6.45, 7) is 0.102. The number of hydrogen-bond donors (Lipinski definition) is 2. The summed E-state index contributed by atoms with van der Waals surface area (Å²) in [5.41, 5.74) is -0.122. The van der Waals surface area contributed by atoms with Gasteiger partial charge in [0.25, 0.3) is 0 Å². The highest BCUT2D eigenvalue weighted by atomic mass is 19.2. The molecule has 0 bridgehead atoms. The third-order valence-corrected chi connectivity index (χ3v) is 2.66. The molecule has 6 nitrogen and oxygen atoms in total. The Morgan fingerprint density at radius 1 is 1.30 bits per heavy atom. The highest BCUT2D eigenvalue weighted by Crippen LogP contribution is 2.24. The molecule has 1 heterocycles. The van der Waals surface area contributed by atoms with Crippen LogP contribution in [0.25, 0.3) is 11.3 Å². The molecule has 0 aliphatic rings. The van der Waals surface area contributed by atoms with Crippen molar-refractivity contribution in [1.82, 2.24) is 15.0 Å². The lowest BCUT2D eigenvalue weighted by molar-refractivity contribution is 0.0691. The second kappa shape index (κ2) is 5.74. The number of carbonyl (C=O) groups is 1. The third-order valence-electron chi connectivity index (χ3n) is 2.66. The first kappa shape index (κ1) is 14.1. The second-order valence-electron chi connectivity index (χ2n) is 4.02. The van der Waals surface area contributed by atoms with Crippen molar-refractivity contribution in [3.63, 3.8) is 0 Å². The number of aromatic nitrogens is 3. The highest BCUT2D eigenvalue weighted by molar-refractivity contribution is 5.92. The van der Waals surface area contributed by atoms with Gasteiger partial charge in [0.05, 0.1) is 0 Å². The van der Waals surface area contributed by atoms with E-state index < -0.39 is 17.6 Å². The zero-order chi connectivity index (χ0) is 14.7. The van der Waals surface area contributed by atoms with Crippen LogP contribution in [0.4, 0.5) is 8.78 Å². The predicted octanol–water partition coefficient (Wildman–Crippen LogP) is 1.30. The molecule has 0 saturated carbocycles. The second-order valence-corrected chi connectivity index (χ2v) is 4.02. The van der Waals surface area contributed by atoms with Crippen molar-refractivity contribution < 1.29 is 23.8 Å². The molecule has 1 aromatic carbocycles. The molecule has 20 heavy (non-hydrogen) atoms. The fraction of sp³-hybridized carbons (Fsp3) is 0.250. The summed E-state index contributed by atoms with van der Waals surface area (Å²) in [6, 6.07) is 3.04. The maximum atomic E-state index is 13.3. The van der Waals surface area contributed by atoms with Gasteiger partial charge >= 0.3 is 5.97 Å². The van der Waals surface area contributed by atoms with Crippen molar-refractivity contribution >= 4 is 5.97 Å². The van der Waals surface area contributed by atoms with Crippen LogP contribution in [0.3, 0.4) is 0 Å². The van der Waals surface area contributed by atoms with E-state index in [2.05, 4.69) is 10.3 Å². The molecule has 0 fully saturated rings. The van der Waals surface area contributed by atoms with E-state index >= 15 is 0 Å². The maximum absolute atomic E-state index is 13.3. The molecular weight excluding hydrogens is 272 g/mol. The van der Waals surface area contributed by atoms with Crippen molar-refractivity contribution in [3.05, 3.63) is 35.5 Å². The van der Waals surface area contributed by atoms with E-state index in [0.29, 0.717) is 6.42 Å². The number of rotatable bonds is 5. The Bertz CT molecular complexity index is 643. The van der Waals surface area contributed by atoms with Gasteiger partial charge in [-0.15, -0.1) is 5.10 Å². The number of aromatic carboxylic acids is 1. The number of hydrogen-bond acceptors (Lipinski definition) is 4. The van der Waals surface area contributed by atoms with Gasteiger partial charge in [0.1, 0.15) is 5.69 Å². The Balaban J connectivity index is 2.53. The van der Waals surface area contributed by atoms with Crippen LogP contribution in [0.5, 0.6) is 0 Å². The standard InChI is InChI=1S/C12H11F2N3O3/c13-8-3-2-7(6-9(8)14)11-10(12(19)20)15-16-17(11)4-1-5-18/h2-3,6,18H,1,4-5H2,(H,19,20). The first-order valence-electron chi connectivity index (χ1n) is 5.77. The number of halogens is 2. The molecular formula is C12H11F2N3O3. The first-order valence-corrected chi connectivity index (χ1v) is 5.77. The molecule has 0 amide bonds. The number of nitrogens with zero attached hydrogens (tertiary/aromatic N) is 3. The van der Waals surface area contributed by atoms with E-state index in [9.17, 15) is 13.6 Å². The molecule has 2 N–H and O–H groups in total. The minimum Gasteiger partial charge on any atom is -0.476 e. The molecule has 0 aliphatic carbocycles. The van der Waals surface area contributed by atoms with Gasteiger partial charge < -0.3 is 10.2 Å². The number of aliphatic hydroxyl groups is 1. The molecule has 1 aromatic heterocycles. The lowest BCUT2D eigenvalue weighted by atomic mass is 10.1. The Morgan fingerprint density at radius 3 is 2.65 bits per heavy atom. The number of benzene rings is 1. The summed E-state index contributed by atoms with van der Waals surface area (Å²) in [6.07, 6.45) is 0.332. The lowest BCUT2D eigenvalue weighted by Crippen LogP contribution is -2.06. The zero-order valence-corrected chi connectivity index (χ0v) is 10.3. The number of aliphatic hydroxyl groups excluding tert-OH is 1. The predicted molar refractivity (Wildman–Crippen MR) is 64.0 cm³/mol. The molecule has 2 aromatic rings. The molecule has 8 heteroatoms. The van der Waals surface area contributed by atoms with Crippen molar-refractivity contribution in [3.8, 4) is 11.3 Å². The average Bonchev–Trinajstić information content (AvgIpc) is 2.83. The van der Waals surface area contributed by atoms with E-state index in [0.717, 1.165) is 12.1 Å². The summed E-state index contributed by atoms with van der Waals surface area (Å²) < 4.78 is 27.5. The summed E-state index contributed by atoms with van der Waals surface area (Å²) in [5.74, 6) is -3.44. The Kier molecular flexibility index (Phi) is 4.04. The highest BCUT2D eigenvalue weighted by Gasteiger charge is 2.21. The van der Waals surface area contributed by atoms with Crippen LogP contribution in [0.15, 0.2) is 18.2 Å². The van der Waals surface area contributed by atoms with Gasteiger partial charge in [-0.1, -0.05) is 5.21 Å². The average molecular weight is 283 g/mol. The van der Waals surface area contributed by atoms with Crippen molar-refractivity contribution in [2.75, 3.05) is 6.61 Å². The Labute approximate surface area is 112 Å². The first-order chi connectivity index (χ1) is 9.54. The van der Waals surface area contributed by atoms with Gasteiger partial charge in [-0.2, -0.15) is 0 Å². The monoisotopic (exact) mass is 283 g/mol. The molecule has 0 spiro atoms. The fourth-order valence-electron chi connectivity index (χ4n) is 1.76. The summed E-state index contributed by atoms with van der Waals surface area (Å²) in [7, 11) is 0. The number of aryl methyl sites for hydroxylation is 1. The van der Waals surface area contributed by atoms with Gasteiger partial charge in [0, 0.05) is 18.7 Å². The van der Waals surface area contributed by atoms with Gasteiger partial charge in [0.2, 0.25) is 0 Å². The molecule has 0 saturated heterocycles. The quantitative estimate of drug-likeness (QED) is 0.863. The molecule has 0 unspecified atom stereocenters. The maximum Gasteiger partial charge on any atom is 0.358 e. The van der Waals surface area contributed by atoms with Crippen molar-refractivity contribution in [1.29, 1.82) is 0 Å². The van der Waals surface area contributed by atoms with E-state index in [1.165, 1.54) is 10.7 Å². The van der Waals surface area contributed by atoms with Crippen molar-refractivity contribution in [2.45, 2.75) is 13.0 Å².